The molecule has 0 saturated heterocycles. The quantitative estimate of drug-likeness (QED) is 0.745. The molecule has 5 rings (SSSR count). The van der Waals surface area contributed by atoms with E-state index in [4.69, 9.17) is 0 Å². The van der Waals surface area contributed by atoms with E-state index in [9.17, 15) is 9.59 Å². The summed E-state index contributed by atoms with van der Waals surface area (Å²) in [6.45, 7) is 0. The summed E-state index contributed by atoms with van der Waals surface area (Å²) in [6.07, 6.45) is 8.13. The summed E-state index contributed by atoms with van der Waals surface area (Å²) in [4.78, 5) is 26.2. The minimum Gasteiger partial charge on any atom is -0.299 e. The summed E-state index contributed by atoms with van der Waals surface area (Å²) in [7, 11) is 0. The molecule has 3 heteroatoms. The van der Waals surface area contributed by atoms with Gasteiger partial charge in [0.1, 0.15) is 11.6 Å². The van der Waals surface area contributed by atoms with E-state index in [0.29, 0.717) is 40.5 Å². The van der Waals surface area contributed by atoms with Crippen molar-refractivity contribution in [1.82, 2.24) is 0 Å². The normalized spacial score (nSPS) is 59.1. The lowest BCUT2D eigenvalue weighted by Crippen LogP contribution is -2.53. The van der Waals surface area contributed by atoms with Crippen molar-refractivity contribution >= 4 is 23.3 Å². The van der Waals surface area contributed by atoms with E-state index in [1.165, 1.54) is 25.7 Å². The smallest absolute Gasteiger partial charge is 0.141 e. The topological polar surface area (TPSA) is 34.1 Å². The first-order valence-corrected chi connectivity index (χ1v) is 9.59. The van der Waals surface area contributed by atoms with Crippen molar-refractivity contribution < 1.29 is 9.59 Å². The van der Waals surface area contributed by atoms with Gasteiger partial charge in [0.05, 0.1) is 0 Å². The van der Waals surface area contributed by atoms with E-state index in [1.54, 1.807) is 0 Å². The number of hydrogen-bond acceptors (Lipinski definition) is 3. The third-order valence-electron chi connectivity index (χ3n) is 7.48. The minimum absolute atomic E-state index is 0.124. The molecule has 20 heavy (non-hydrogen) atoms. The fourth-order valence-corrected chi connectivity index (χ4v) is 7.99. The highest BCUT2D eigenvalue weighted by molar-refractivity contribution is 7.99. The molecule has 5 aliphatic carbocycles. The van der Waals surface area contributed by atoms with E-state index in [2.05, 4.69) is 6.26 Å². The van der Waals surface area contributed by atoms with Gasteiger partial charge in [0, 0.05) is 28.9 Å². The third kappa shape index (κ3) is 1.25. The predicted octanol–water partition coefficient (Wildman–Crippen LogP) is 2.80. The Kier molecular flexibility index (Phi) is 2.39. The molecule has 0 aliphatic heterocycles. The van der Waals surface area contributed by atoms with E-state index in [0.717, 1.165) is 6.42 Å². The van der Waals surface area contributed by atoms with Crippen molar-refractivity contribution in [3.63, 3.8) is 0 Å². The molecule has 0 aromatic rings. The van der Waals surface area contributed by atoms with Crippen LogP contribution < -0.4 is 0 Å². The van der Waals surface area contributed by atoms with Crippen molar-refractivity contribution in [1.29, 1.82) is 0 Å². The predicted molar refractivity (Wildman–Crippen MR) is 78.3 cm³/mol. The highest BCUT2D eigenvalue weighted by Crippen LogP contribution is 2.64. The zero-order valence-corrected chi connectivity index (χ0v) is 12.8. The van der Waals surface area contributed by atoms with Crippen molar-refractivity contribution in [2.75, 3.05) is 6.26 Å². The van der Waals surface area contributed by atoms with Gasteiger partial charge in [-0.1, -0.05) is 0 Å². The zero-order chi connectivity index (χ0) is 13.6. The maximum atomic E-state index is 13.1. The van der Waals surface area contributed by atoms with Gasteiger partial charge in [-0.3, -0.25) is 9.59 Å². The van der Waals surface area contributed by atoms with E-state index >= 15 is 0 Å². The van der Waals surface area contributed by atoms with Crippen LogP contribution in [0.25, 0.3) is 0 Å². The number of carbonyl (C=O) groups excluding carboxylic acids is 2. The van der Waals surface area contributed by atoms with E-state index < -0.39 is 0 Å². The van der Waals surface area contributed by atoms with Crippen molar-refractivity contribution in [2.45, 2.75) is 37.4 Å². The van der Waals surface area contributed by atoms with Crippen LogP contribution in [0.5, 0.6) is 0 Å². The van der Waals surface area contributed by atoms with Crippen LogP contribution in [-0.4, -0.2) is 23.1 Å². The first-order chi connectivity index (χ1) is 9.70. The Labute approximate surface area is 124 Å². The SMILES string of the molecule is CSC1CC2CC1C1C(=O)C3C4CCC(C4)C3C(=O)C21. The van der Waals surface area contributed by atoms with Crippen LogP contribution in [0.15, 0.2) is 0 Å². The number of fused-ring (bicyclic) bond motifs is 10. The second-order valence-corrected chi connectivity index (χ2v) is 8.99. The molecule has 0 aromatic heterocycles. The molecule has 5 aliphatic rings. The molecule has 5 fully saturated rings. The lowest BCUT2D eigenvalue weighted by atomic mass is 9.58. The lowest BCUT2D eigenvalue weighted by molar-refractivity contribution is -0.151. The van der Waals surface area contributed by atoms with Crippen LogP contribution in [0.3, 0.4) is 0 Å². The Morgan fingerprint density at radius 3 is 2.05 bits per heavy atom. The molecule has 0 spiro atoms. The van der Waals surface area contributed by atoms with Crippen LogP contribution in [0, 0.1) is 47.3 Å². The van der Waals surface area contributed by atoms with Gasteiger partial charge < -0.3 is 0 Å². The minimum atomic E-state index is 0.124. The number of hydrogen-bond donors (Lipinski definition) is 0. The molecule has 5 saturated carbocycles. The maximum Gasteiger partial charge on any atom is 0.141 e. The Morgan fingerprint density at radius 1 is 0.800 bits per heavy atom. The van der Waals surface area contributed by atoms with Crippen LogP contribution in [0.1, 0.15) is 32.1 Å². The van der Waals surface area contributed by atoms with Gasteiger partial charge in [-0.25, -0.2) is 0 Å². The van der Waals surface area contributed by atoms with Gasteiger partial charge in [-0.05, 0) is 62.0 Å². The van der Waals surface area contributed by atoms with E-state index in [-0.39, 0.29) is 23.7 Å². The van der Waals surface area contributed by atoms with Crippen LogP contribution in [-0.2, 0) is 9.59 Å². The number of rotatable bonds is 1. The summed E-state index contributed by atoms with van der Waals surface area (Å²) >= 11 is 1.93. The van der Waals surface area contributed by atoms with Gasteiger partial charge in [0.2, 0.25) is 0 Å². The first-order valence-electron chi connectivity index (χ1n) is 8.31. The number of ketones is 2. The van der Waals surface area contributed by atoms with E-state index in [1.807, 2.05) is 11.8 Å². The Hall–Kier alpha value is -0.310. The Balaban J connectivity index is 1.56. The summed E-state index contributed by atoms with van der Waals surface area (Å²) in [5, 5.41) is 0.646. The van der Waals surface area contributed by atoms with Gasteiger partial charge in [0.25, 0.3) is 0 Å². The average Bonchev–Trinajstić information content (AvgIpc) is 3.19. The molecule has 9 unspecified atom stereocenters. The van der Waals surface area contributed by atoms with Crippen molar-refractivity contribution in [3.05, 3.63) is 0 Å². The summed E-state index contributed by atoms with van der Waals surface area (Å²) in [5.41, 5.74) is 0. The largest absolute Gasteiger partial charge is 0.299 e. The van der Waals surface area contributed by atoms with Gasteiger partial charge in [-0.2, -0.15) is 11.8 Å². The fourth-order valence-electron chi connectivity index (χ4n) is 6.92. The first kappa shape index (κ1) is 12.3. The zero-order valence-electron chi connectivity index (χ0n) is 12.0. The van der Waals surface area contributed by atoms with Crippen molar-refractivity contribution in [3.8, 4) is 0 Å². The highest BCUT2D eigenvalue weighted by atomic mass is 32.2. The average molecular weight is 290 g/mol. The standard InChI is InChI=1S/C17H22O2S/c1-20-11-6-9-5-10(11)15-14(9)16(18)12-7-2-3-8(4-7)13(12)17(15)19/h7-15H,2-6H2,1H3. The molecular formula is C17H22O2S. The molecule has 4 bridgehead atoms. The Bertz CT molecular complexity index is 501. The van der Waals surface area contributed by atoms with Gasteiger partial charge >= 0.3 is 0 Å². The number of thioether (sulfide) groups is 1. The summed E-state index contributed by atoms with van der Waals surface area (Å²) in [5.74, 6) is 3.80. The molecule has 108 valence electrons. The molecule has 0 radical (unpaired) electrons. The molecule has 0 heterocycles. The Morgan fingerprint density at radius 2 is 1.40 bits per heavy atom. The maximum absolute atomic E-state index is 13.1. The monoisotopic (exact) mass is 290 g/mol. The molecular weight excluding hydrogens is 268 g/mol. The molecule has 2 nitrogen and oxygen atoms in total. The highest BCUT2D eigenvalue weighted by Gasteiger charge is 2.67. The number of carbonyl (C=O) groups is 2. The number of Topliss-reactive ketones (excluding diaryl/α,β-unsaturated/α-hetero) is 2. The lowest BCUT2D eigenvalue weighted by Gasteiger charge is -2.44. The second-order valence-electron chi connectivity index (χ2n) is 7.91. The summed E-state index contributed by atoms with van der Waals surface area (Å²) in [6, 6.07) is 0. The molecule has 0 aromatic carbocycles. The fraction of sp³-hybridized carbons (Fsp3) is 0.882. The van der Waals surface area contributed by atoms with Crippen molar-refractivity contribution in [2.24, 2.45) is 47.3 Å². The van der Waals surface area contributed by atoms with Gasteiger partial charge in [-0.15, -0.1) is 0 Å². The molecule has 9 atom stereocenters. The third-order valence-corrected chi connectivity index (χ3v) is 8.62. The van der Waals surface area contributed by atoms with Crippen LogP contribution in [0.2, 0.25) is 0 Å². The van der Waals surface area contributed by atoms with Crippen LogP contribution in [0.4, 0.5) is 0 Å². The summed E-state index contributed by atoms with van der Waals surface area (Å²) < 4.78 is 0. The second kappa shape index (κ2) is 3.91. The molecule has 0 amide bonds. The van der Waals surface area contributed by atoms with Gasteiger partial charge in [0.15, 0.2) is 0 Å². The molecule has 0 N–H and O–H groups in total. The van der Waals surface area contributed by atoms with Crippen LogP contribution >= 0.6 is 11.8 Å².